The Morgan fingerprint density at radius 1 is 1.21 bits per heavy atom. The summed E-state index contributed by atoms with van der Waals surface area (Å²) in [6.45, 7) is 8.57. The molecule has 1 heterocycles. The van der Waals surface area contributed by atoms with Crippen LogP contribution in [-0.2, 0) is 0 Å². The first-order valence-corrected chi connectivity index (χ1v) is 8.03. The minimum atomic E-state index is 0.263. The second kappa shape index (κ2) is 6.16. The number of aryl methyl sites for hydroxylation is 2. The van der Waals surface area contributed by atoms with Crippen molar-refractivity contribution in [1.29, 1.82) is 0 Å². The maximum atomic E-state index is 4.62. The van der Waals surface area contributed by atoms with Crippen molar-refractivity contribution in [2.75, 3.05) is 0 Å². The molecular weight excluding hydrogens is 320 g/mol. The molecule has 0 saturated heterocycles. The van der Waals surface area contributed by atoms with Crippen LogP contribution in [0.3, 0.4) is 0 Å². The predicted octanol–water partition coefficient (Wildman–Crippen LogP) is 4.93. The number of thiazole rings is 1. The summed E-state index contributed by atoms with van der Waals surface area (Å²) in [5, 5.41) is 4.75. The molecule has 0 bridgehead atoms. The molecular formula is C15H19BrN2S. The van der Waals surface area contributed by atoms with Crippen LogP contribution in [0.15, 0.2) is 28.7 Å². The molecule has 4 heteroatoms. The third-order valence-corrected chi connectivity index (χ3v) is 4.59. The highest BCUT2D eigenvalue weighted by molar-refractivity contribution is 9.10. The van der Waals surface area contributed by atoms with Crippen LogP contribution in [0.25, 0.3) is 0 Å². The van der Waals surface area contributed by atoms with Gasteiger partial charge in [0.1, 0.15) is 0 Å². The third-order valence-electron chi connectivity index (χ3n) is 3.20. The lowest BCUT2D eigenvalue weighted by atomic mass is 10.1. The van der Waals surface area contributed by atoms with Crippen LogP contribution in [0.5, 0.6) is 0 Å². The van der Waals surface area contributed by atoms with E-state index < -0.39 is 0 Å². The Morgan fingerprint density at radius 2 is 1.95 bits per heavy atom. The Kier molecular flexibility index (Phi) is 4.76. The van der Waals surface area contributed by atoms with Crippen molar-refractivity contribution in [1.82, 2.24) is 10.3 Å². The van der Waals surface area contributed by atoms with Crippen molar-refractivity contribution in [2.24, 2.45) is 0 Å². The zero-order valence-corrected chi connectivity index (χ0v) is 14.1. The molecule has 1 N–H and O–H groups in total. The Bertz CT molecular complexity index is 565. The zero-order valence-electron chi connectivity index (χ0n) is 11.7. The predicted molar refractivity (Wildman–Crippen MR) is 85.7 cm³/mol. The van der Waals surface area contributed by atoms with Gasteiger partial charge in [-0.2, -0.15) is 0 Å². The second-order valence-electron chi connectivity index (χ2n) is 4.84. The van der Waals surface area contributed by atoms with Gasteiger partial charge in [0.25, 0.3) is 0 Å². The molecule has 102 valence electrons. The number of halogens is 1. The van der Waals surface area contributed by atoms with E-state index in [1.165, 1.54) is 16.1 Å². The van der Waals surface area contributed by atoms with Gasteiger partial charge in [-0.15, -0.1) is 11.3 Å². The molecule has 0 radical (unpaired) electrons. The van der Waals surface area contributed by atoms with Gasteiger partial charge >= 0.3 is 0 Å². The van der Waals surface area contributed by atoms with Crippen LogP contribution >= 0.6 is 27.3 Å². The lowest BCUT2D eigenvalue weighted by Gasteiger charge is -2.20. The van der Waals surface area contributed by atoms with E-state index >= 15 is 0 Å². The molecule has 0 aliphatic rings. The molecule has 0 fully saturated rings. The fraction of sp³-hybridized carbons (Fsp3) is 0.400. The number of hydrogen-bond donors (Lipinski definition) is 1. The third kappa shape index (κ3) is 3.65. The Balaban J connectivity index is 2.10. The normalized spacial score (nSPS) is 14.4. The van der Waals surface area contributed by atoms with Gasteiger partial charge in [-0.05, 0) is 45.4 Å². The Morgan fingerprint density at radius 3 is 2.53 bits per heavy atom. The van der Waals surface area contributed by atoms with E-state index in [0.717, 1.165) is 9.48 Å². The van der Waals surface area contributed by atoms with Gasteiger partial charge in [0.2, 0.25) is 0 Å². The van der Waals surface area contributed by atoms with Crippen LogP contribution in [-0.4, -0.2) is 4.98 Å². The molecule has 2 aromatic rings. The summed E-state index contributed by atoms with van der Waals surface area (Å²) in [6.07, 6.45) is 0. The SMILES string of the molecule is Cc1nc(C(C)NC(C)c2cccc(Br)c2)c(C)s1. The summed E-state index contributed by atoms with van der Waals surface area (Å²) >= 11 is 5.28. The molecule has 0 aliphatic heterocycles. The van der Waals surface area contributed by atoms with Crippen LogP contribution in [0, 0.1) is 13.8 Å². The molecule has 2 atom stereocenters. The lowest BCUT2D eigenvalue weighted by molar-refractivity contribution is 0.486. The standard InChI is InChI=1S/C15H19BrN2S/c1-9(13-6-5-7-14(16)8-13)17-10(2)15-11(3)19-12(4)18-15/h5-10,17H,1-4H3. The Hall–Kier alpha value is -0.710. The maximum Gasteiger partial charge on any atom is 0.0900 e. The number of aromatic nitrogens is 1. The molecule has 0 aliphatic carbocycles. The van der Waals surface area contributed by atoms with Crippen molar-refractivity contribution in [3.63, 3.8) is 0 Å². The summed E-state index contributed by atoms with van der Waals surface area (Å²) in [6, 6.07) is 8.99. The van der Waals surface area contributed by atoms with Crippen LogP contribution in [0.2, 0.25) is 0 Å². The smallest absolute Gasteiger partial charge is 0.0900 e. The number of nitrogens with one attached hydrogen (secondary N) is 1. The summed E-state index contributed by atoms with van der Waals surface area (Å²) in [5.41, 5.74) is 2.45. The molecule has 0 amide bonds. The van der Waals surface area contributed by atoms with Crippen molar-refractivity contribution < 1.29 is 0 Å². The Labute approximate surface area is 127 Å². The van der Waals surface area contributed by atoms with Crippen molar-refractivity contribution >= 4 is 27.3 Å². The molecule has 1 aromatic carbocycles. The quantitative estimate of drug-likeness (QED) is 0.854. The first-order chi connectivity index (χ1) is 8.97. The largest absolute Gasteiger partial charge is 0.302 e. The van der Waals surface area contributed by atoms with Gasteiger partial charge in [0, 0.05) is 21.4 Å². The van der Waals surface area contributed by atoms with E-state index in [1.54, 1.807) is 11.3 Å². The maximum absolute atomic E-state index is 4.62. The second-order valence-corrected chi connectivity index (χ2v) is 7.16. The molecule has 2 nitrogen and oxygen atoms in total. The summed E-state index contributed by atoms with van der Waals surface area (Å²) < 4.78 is 1.12. The summed E-state index contributed by atoms with van der Waals surface area (Å²) in [7, 11) is 0. The summed E-state index contributed by atoms with van der Waals surface area (Å²) in [4.78, 5) is 5.93. The van der Waals surface area contributed by atoms with Crippen molar-refractivity contribution in [2.45, 2.75) is 39.8 Å². The highest BCUT2D eigenvalue weighted by Gasteiger charge is 2.16. The van der Waals surface area contributed by atoms with E-state index in [2.05, 4.69) is 72.1 Å². The van der Waals surface area contributed by atoms with Crippen LogP contribution < -0.4 is 5.32 Å². The minimum Gasteiger partial charge on any atom is -0.302 e. The van der Waals surface area contributed by atoms with Gasteiger partial charge in [-0.3, -0.25) is 0 Å². The van der Waals surface area contributed by atoms with E-state index in [4.69, 9.17) is 0 Å². The summed E-state index contributed by atoms with van der Waals surface area (Å²) in [5.74, 6) is 0. The topological polar surface area (TPSA) is 24.9 Å². The average molecular weight is 339 g/mol. The molecule has 1 aromatic heterocycles. The highest BCUT2D eigenvalue weighted by Crippen LogP contribution is 2.25. The number of nitrogens with zero attached hydrogens (tertiary/aromatic N) is 1. The molecule has 19 heavy (non-hydrogen) atoms. The fourth-order valence-electron chi connectivity index (χ4n) is 2.27. The number of benzene rings is 1. The van der Waals surface area contributed by atoms with E-state index in [0.29, 0.717) is 6.04 Å². The fourth-order valence-corrected chi connectivity index (χ4v) is 3.60. The van der Waals surface area contributed by atoms with Gasteiger partial charge in [0.05, 0.1) is 10.7 Å². The first kappa shape index (κ1) is 14.7. The van der Waals surface area contributed by atoms with Crippen LogP contribution in [0.4, 0.5) is 0 Å². The number of hydrogen-bond acceptors (Lipinski definition) is 3. The highest BCUT2D eigenvalue weighted by atomic mass is 79.9. The lowest BCUT2D eigenvalue weighted by Crippen LogP contribution is -2.23. The molecule has 0 saturated carbocycles. The molecule has 2 unspecified atom stereocenters. The monoisotopic (exact) mass is 338 g/mol. The number of rotatable bonds is 4. The van der Waals surface area contributed by atoms with Gasteiger partial charge in [0.15, 0.2) is 0 Å². The van der Waals surface area contributed by atoms with Crippen molar-refractivity contribution in [3.05, 3.63) is 49.9 Å². The minimum absolute atomic E-state index is 0.263. The van der Waals surface area contributed by atoms with E-state index in [1.807, 2.05) is 6.07 Å². The van der Waals surface area contributed by atoms with Gasteiger partial charge in [-0.25, -0.2) is 4.98 Å². The van der Waals surface area contributed by atoms with E-state index in [9.17, 15) is 0 Å². The van der Waals surface area contributed by atoms with Crippen LogP contribution in [0.1, 0.15) is 47.1 Å². The van der Waals surface area contributed by atoms with Crippen molar-refractivity contribution in [3.8, 4) is 0 Å². The van der Waals surface area contributed by atoms with Gasteiger partial charge in [-0.1, -0.05) is 28.1 Å². The van der Waals surface area contributed by atoms with Gasteiger partial charge < -0.3 is 5.32 Å². The average Bonchev–Trinajstić information content (AvgIpc) is 2.68. The first-order valence-electron chi connectivity index (χ1n) is 6.43. The molecule has 2 rings (SSSR count). The van der Waals surface area contributed by atoms with E-state index in [-0.39, 0.29) is 6.04 Å². The molecule has 0 spiro atoms. The zero-order chi connectivity index (χ0) is 14.0.